The molecule has 2 unspecified atom stereocenters. The van der Waals surface area contributed by atoms with Gasteiger partial charge in [-0.25, -0.2) is 0 Å². The number of rotatable bonds is 6. The summed E-state index contributed by atoms with van der Waals surface area (Å²) < 4.78 is 15.9. The van der Waals surface area contributed by atoms with Crippen molar-refractivity contribution in [2.45, 2.75) is 38.6 Å². The van der Waals surface area contributed by atoms with Crippen LogP contribution in [0.1, 0.15) is 38.2 Å². The Labute approximate surface area is 144 Å². The average Bonchev–Trinajstić information content (AvgIpc) is 2.60. The summed E-state index contributed by atoms with van der Waals surface area (Å²) in [6, 6.07) is 3.90. The van der Waals surface area contributed by atoms with Crippen LogP contribution in [0.2, 0.25) is 0 Å². The van der Waals surface area contributed by atoms with Gasteiger partial charge in [0.1, 0.15) is 0 Å². The minimum atomic E-state index is -0.0671. The summed E-state index contributed by atoms with van der Waals surface area (Å²) in [7, 11) is 4.71. The lowest BCUT2D eigenvalue weighted by molar-refractivity contribution is -0.117. The van der Waals surface area contributed by atoms with Gasteiger partial charge in [0.2, 0.25) is 11.7 Å². The standard InChI is InChI=1S/C19H27NO4/c1-13-7-5-6-8-15(13)20-18(21)10-9-14-11-16(22-2)19(24-4)17(12-14)23-3/h9-13,15H,5-8H2,1-4H3,(H,20,21). The van der Waals surface area contributed by atoms with Crippen molar-refractivity contribution in [3.8, 4) is 17.2 Å². The number of methoxy groups -OCH3 is 3. The Morgan fingerprint density at radius 2 is 1.71 bits per heavy atom. The van der Waals surface area contributed by atoms with Crippen LogP contribution in [0.3, 0.4) is 0 Å². The second kappa shape index (κ2) is 8.62. The molecule has 5 nitrogen and oxygen atoms in total. The van der Waals surface area contributed by atoms with Gasteiger partial charge in [0.25, 0.3) is 0 Å². The first kappa shape index (κ1) is 18.2. The predicted molar refractivity (Wildman–Crippen MR) is 94.7 cm³/mol. The zero-order chi connectivity index (χ0) is 17.5. The Morgan fingerprint density at radius 3 is 2.25 bits per heavy atom. The number of benzene rings is 1. The Balaban J connectivity index is 2.09. The van der Waals surface area contributed by atoms with E-state index in [1.807, 2.05) is 12.1 Å². The third-order valence-corrected chi connectivity index (χ3v) is 4.55. The maximum absolute atomic E-state index is 12.2. The summed E-state index contributed by atoms with van der Waals surface area (Å²) >= 11 is 0. The maximum atomic E-state index is 12.2. The fourth-order valence-corrected chi connectivity index (χ4v) is 3.13. The van der Waals surface area contributed by atoms with E-state index >= 15 is 0 Å². The Hall–Kier alpha value is -2.17. The minimum Gasteiger partial charge on any atom is -0.493 e. The summed E-state index contributed by atoms with van der Waals surface area (Å²) in [5.41, 5.74) is 0.816. The second-order valence-electron chi connectivity index (χ2n) is 6.17. The van der Waals surface area contributed by atoms with Crippen LogP contribution >= 0.6 is 0 Å². The molecule has 1 amide bonds. The lowest BCUT2D eigenvalue weighted by Crippen LogP contribution is -2.40. The van der Waals surface area contributed by atoms with E-state index in [4.69, 9.17) is 14.2 Å². The summed E-state index contributed by atoms with van der Waals surface area (Å²) in [6.45, 7) is 2.20. The van der Waals surface area contributed by atoms with E-state index in [-0.39, 0.29) is 11.9 Å². The summed E-state index contributed by atoms with van der Waals surface area (Å²) in [5.74, 6) is 2.15. The quantitative estimate of drug-likeness (QED) is 0.811. The largest absolute Gasteiger partial charge is 0.493 e. The van der Waals surface area contributed by atoms with Crippen LogP contribution in [-0.4, -0.2) is 33.3 Å². The van der Waals surface area contributed by atoms with Gasteiger partial charge in [-0.3, -0.25) is 4.79 Å². The molecular weight excluding hydrogens is 306 g/mol. The van der Waals surface area contributed by atoms with E-state index in [1.165, 1.54) is 19.3 Å². The van der Waals surface area contributed by atoms with Crippen LogP contribution in [0.5, 0.6) is 17.2 Å². The van der Waals surface area contributed by atoms with E-state index < -0.39 is 0 Å². The Morgan fingerprint density at radius 1 is 1.08 bits per heavy atom. The molecule has 1 N–H and O–H groups in total. The van der Waals surface area contributed by atoms with Gasteiger partial charge in [-0.15, -0.1) is 0 Å². The fraction of sp³-hybridized carbons (Fsp3) is 0.526. The molecular formula is C19H27NO4. The number of carbonyl (C=O) groups excluding carboxylic acids is 1. The highest BCUT2D eigenvalue weighted by molar-refractivity contribution is 5.92. The minimum absolute atomic E-state index is 0.0671. The fourth-order valence-electron chi connectivity index (χ4n) is 3.13. The van der Waals surface area contributed by atoms with Crippen molar-refractivity contribution in [2.75, 3.05) is 21.3 Å². The van der Waals surface area contributed by atoms with E-state index in [1.54, 1.807) is 33.5 Å². The van der Waals surface area contributed by atoms with Crippen LogP contribution in [0.15, 0.2) is 18.2 Å². The molecule has 0 saturated heterocycles. The van der Waals surface area contributed by atoms with E-state index in [2.05, 4.69) is 12.2 Å². The maximum Gasteiger partial charge on any atom is 0.244 e. The Kier molecular flexibility index (Phi) is 6.53. The third-order valence-electron chi connectivity index (χ3n) is 4.55. The van der Waals surface area contributed by atoms with Crippen molar-refractivity contribution in [1.29, 1.82) is 0 Å². The molecule has 132 valence electrons. The van der Waals surface area contributed by atoms with Gasteiger partial charge in [0, 0.05) is 12.1 Å². The predicted octanol–water partition coefficient (Wildman–Crippen LogP) is 3.42. The molecule has 2 atom stereocenters. The normalized spacial score (nSPS) is 20.7. The monoisotopic (exact) mass is 333 g/mol. The van der Waals surface area contributed by atoms with Gasteiger partial charge in [-0.2, -0.15) is 0 Å². The van der Waals surface area contributed by atoms with Crippen molar-refractivity contribution in [2.24, 2.45) is 5.92 Å². The number of amides is 1. The summed E-state index contributed by atoms with van der Waals surface area (Å²) in [6.07, 6.45) is 8.00. The van der Waals surface area contributed by atoms with Crippen LogP contribution < -0.4 is 19.5 Å². The topological polar surface area (TPSA) is 56.8 Å². The first-order valence-corrected chi connectivity index (χ1v) is 8.37. The molecule has 1 aromatic rings. The molecule has 1 saturated carbocycles. The van der Waals surface area contributed by atoms with Crippen LogP contribution in [0, 0.1) is 5.92 Å². The molecule has 1 aromatic carbocycles. The van der Waals surface area contributed by atoms with E-state index in [9.17, 15) is 4.79 Å². The van der Waals surface area contributed by atoms with Crippen LogP contribution in [0.4, 0.5) is 0 Å². The van der Waals surface area contributed by atoms with E-state index in [0.717, 1.165) is 12.0 Å². The molecule has 0 heterocycles. The molecule has 1 aliphatic carbocycles. The van der Waals surface area contributed by atoms with Gasteiger partial charge in [-0.05, 0) is 42.5 Å². The van der Waals surface area contributed by atoms with Gasteiger partial charge in [-0.1, -0.05) is 19.8 Å². The lowest BCUT2D eigenvalue weighted by Gasteiger charge is -2.29. The number of hydrogen-bond donors (Lipinski definition) is 1. The van der Waals surface area contributed by atoms with Gasteiger partial charge < -0.3 is 19.5 Å². The Bertz CT molecular complexity index is 572. The van der Waals surface area contributed by atoms with Crippen molar-refractivity contribution in [3.63, 3.8) is 0 Å². The zero-order valence-corrected chi connectivity index (χ0v) is 14.9. The van der Waals surface area contributed by atoms with Crippen molar-refractivity contribution in [3.05, 3.63) is 23.8 Å². The molecule has 5 heteroatoms. The smallest absolute Gasteiger partial charge is 0.244 e. The van der Waals surface area contributed by atoms with Gasteiger partial charge >= 0.3 is 0 Å². The molecule has 0 bridgehead atoms. The van der Waals surface area contributed by atoms with Crippen molar-refractivity contribution >= 4 is 12.0 Å². The number of ether oxygens (including phenoxy) is 3. The van der Waals surface area contributed by atoms with Crippen molar-refractivity contribution in [1.82, 2.24) is 5.32 Å². The molecule has 1 fully saturated rings. The van der Waals surface area contributed by atoms with Gasteiger partial charge in [0.05, 0.1) is 21.3 Å². The van der Waals surface area contributed by atoms with Crippen LogP contribution in [0.25, 0.3) is 6.08 Å². The second-order valence-corrected chi connectivity index (χ2v) is 6.17. The third kappa shape index (κ3) is 4.43. The molecule has 0 spiro atoms. The summed E-state index contributed by atoms with van der Waals surface area (Å²) in [5, 5.41) is 3.11. The van der Waals surface area contributed by atoms with Gasteiger partial charge in [0.15, 0.2) is 11.5 Å². The number of hydrogen-bond acceptors (Lipinski definition) is 4. The first-order valence-electron chi connectivity index (χ1n) is 8.37. The highest BCUT2D eigenvalue weighted by Gasteiger charge is 2.22. The molecule has 24 heavy (non-hydrogen) atoms. The highest BCUT2D eigenvalue weighted by atomic mass is 16.5. The zero-order valence-electron chi connectivity index (χ0n) is 14.9. The SMILES string of the molecule is COc1cc(C=CC(=O)NC2CCCCC2C)cc(OC)c1OC. The van der Waals surface area contributed by atoms with Crippen molar-refractivity contribution < 1.29 is 19.0 Å². The highest BCUT2D eigenvalue weighted by Crippen LogP contribution is 2.38. The number of carbonyl (C=O) groups is 1. The molecule has 0 aromatic heterocycles. The van der Waals surface area contributed by atoms with Crippen LogP contribution in [-0.2, 0) is 4.79 Å². The lowest BCUT2D eigenvalue weighted by atomic mass is 9.86. The molecule has 1 aliphatic rings. The first-order chi connectivity index (χ1) is 11.6. The summed E-state index contributed by atoms with van der Waals surface area (Å²) in [4.78, 5) is 12.2. The molecule has 0 aliphatic heterocycles. The average molecular weight is 333 g/mol. The molecule has 0 radical (unpaired) electrons. The molecule has 2 rings (SSSR count). The number of nitrogens with one attached hydrogen (secondary N) is 1. The van der Waals surface area contributed by atoms with E-state index in [0.29, 0.717) is 23.2 Å².